The Morgan fingerprint density at radius 3 is 1.08 bits per heavy atom. The molecule has 14 rings (SSSR count). The van der Waals surface area contributed by atoms with Crippen molar-refractivity contribution in [2.45, 2.75) is 10.8 Å². The van der Waals surface area contributed by atoms with Crippen molar-refractivity contribution in [2.75, 3.05) is 0 Å². The van der Waals surface area contributed by atoms with Crippen molar-refractivity contribution in [3.05, 3.63) is 324 Å². The highest BCUT2D eigenvalue weighted by atomic mass is 14.9. The van der Waals surface area contributed by atoms with Crippen LogP contribution < -0.4 is 0 Å². The van der Waals surface area contributed by atoms with Crippen LogP contribution in [0.15, 0.2) is 279 Å². The SMILES string of the molecule is c1ccc(-c2nc(-c3cccc4c3-c3ccccc3C4(c3ccccc3)c3ccccc3)cc(-c3ccc(-c4cccc5c4-c4ccccc4C5(c4ccccc4)c4ccccc4)c4ccccc34)n2)cc1. The van der Waals surface area contributed by atoms with Gasteiger partial charge in [0, 0.05) is 16.7 Å². The maximum absolute atomic E-state index is 5.50. The first-order valence-electron chi connectivity index (χ1n) is 24.9. The van der Waals surface area contributed by atoms with Gasteiger partial charge in [-0.15, -0.1) is 0 Å². The minimum Gasteiger partial charge on any atom is -0.228 e. The predicted octanol–water partition coefficient (Wildman–Crippen LogP) is 17.0. The van der Waals surface area contributed by atoms with Crippen LogP contribution >= 0.6 is 0 Å². The number of nitrogens with zero attached hydrogens (tertiary/aromatic N) is 2. The first-order chi connectivity index (χ1) is 35.7. The number of hydrogen-bond acceptors (Lipinski definition) is 2. The highest BCUT2D eigenvalue weighted by molar-refractivity contribution is 6.08. The van der Waals surface area contributed by atoms with Crippen molar-refractivity contribution in [3.8, 4) is 67.3 Å². The first-order valence-corrected chi connectivity index (χ1v) is 24.9. The molecule has 2 nitrogen and oxygen atoms in total. The van der Waals surface area contributed by atoms with E-state index < -0.39 is 10.8 Å². The van der Waals surface area contributed by atoms with Gasteiger partial charge in [-0.1, -0.05) is 273 Å². The fraction of sp³-hybridized carbons (Fsp3) is 0.0286. The molecular formula is C70H46N2. The summed E-state index contributed by atoms with van der Waals surface area (Å²) in [6, 6.07) is 102. The van der Waals surface area contributed by atoms with Gasteiger partial charge < -0.3 is 0 Å². The fourth-order valence-electron chi connectivity index (χ4n) is 12.6. The third-order valence-corrected chi connectivity index (χ3v) is 15.5. The Labute approximate surface area is 420 Å². The number of aromatic nitrogens is 2. The summed E-state index contributed by atoms with van der Waals surface area (Å²) in [5.74, 6) is 0.688. The van der Waals surface area contributed by atoms with Crippen LogP contribution in [0.3, 0.4) is 0 Å². The molecule has 1 aromatic heterocycles. The maximum Gasteiger partial charge on any atom is 0.160 e. The largest absolute Gasteiger partial charge is 0.228 e. The van der Waals surface area contributed by atoms with Crippen molar-refractivity contribution in [3.63, 3.8) is 0 Å². The Morgan fingerprint density at radius 2 is 0.583 bits per heavy atom. The van der Waals surface area contributed by atoms with Crippen molar-refractivity contribution in [1.82, 2.24) is 9.97 Å². The van der Waals surface area contributed by atoms with Crippen LogP contribution in [-0.2, 0) is 10.8 Å². The van der Waals surface area contributed by atoms with E-state index in [0.717, 1.165) is 33.5 Å². The second-order valence-corrected chi connectivity index (χ2v) is 19.0. The summed E-state index contributed by atoms with van der Waals surface area (Å²) in [6.07, 6.45) is 0. The van der Waals surface area contributed by atoms with Crippen LogP contribution in [0.5, 0.6) is 0 Å². The van der Waals surface area contributed by atoms with Crippen LogP contribution in [0.25, 0.3) is 78.1 Å². The van der Waals surface area contributed by atoms with Gasteiger partial charge in [0.2, 0.25) is 0 Å². The van der Waals surface area contributed by atoms with Crippen molar-refractivity contribution in [2.24, 2.45) is 0 Å². The van der Waals surface area contributed by atoms with E-state index in [1.165, 1.54) is 83.3 Å². The molecule has 12 aromatic rings. The first kappa shape index (κ1) is 41.7. The molecule has 0 saturated carbocycles. The summed E-state index contributed by atoms with van der Waals surface area (Å²) in [4.78, 5) is 11.0. The highest BCUT2D eigenvalue weighted by Gasteiger charge is 2.48. The molecule has 2 aliphatic carbocycles. The lowest BCUT2D eigenvalue weighted by Crippen LogP contribution is -2.28. The van der Waals surface area contributed by atoms with Crippen LogP contribution in [-0.4, -0.2) is 9.97 Å². The number of rotatable bonds is 8. The molecule has 2 heteroatoms. The van der Waals surface area contributed by atoms with Crippen molar-refractivity contribution < 1.29 is 0 Å². The van der Waals surface area contributed by atoms with Gasteiger partial charge in [0.15, 0.2) is 5.82 Å². The second kappa shape index (κ2) is 16.7. The summed E-state index contributed by atoms with van der Waals surface area (Å²) < 4.78 is 0. The monoisotopic (exact) mass is 914 g/mol. The number of hydrogen-bond donors (Lipinski definition) is 0. The van der Waals surface area contributed by atoms with Gasteiger partial charge in [0.25, 0.3) is 0 Å². The Kier molecular flexibility index (Phi) is 9.69. The Balaban J connectivity index is 0.993. The average Bonchev–Trinajstić information content (AvgIpc) is 3.95. The summed E-state index contributed by atoms with van der Waals surface area (Å²) in [6.45, 7) is 0. The summed E-state index contributed by atoms with van der Waals surface area (Å²) in [7, 11) is 0. The minimum absolute atomic E-state index is 0.495. The van der Waals surface area contributed by atoms with Crippen molar-refractivity contribution >= 4 is 10.8 Å². The molecule has 2 aliphatic rings. The lowest BCUT2D eigenvalue weighted by molar-refractivity contribution is 0.768. The van der Waals surface area contributed by atoms with Gasteiger partial charge in [-0.3, -0.25) is 0 Å². The molecule has 72 heavy (non-hydrogen) atoms. The van der Waals surface area contributed by atoms with Crippen LogP contribution in [0, 0.1) is 0 Å². The summed E-state index contributed by atoms with van der Waals surface area (Å²) >= 11 is 0. The third-order valence-electron chi connectivity index (χ3n) is 15.5. The maximum atomic E-state index is 5.50. The van der Waals surface area contributed by atoms with Gasteiger partial charge in [-0.25, -0.2) is 9.97 Å². The van der Waals surface area contributed by atoms with Gasteiger partial charge in [0.05, 0.1) is 22.2 Å². The van der Waals surface area contributed by atoms with Gasteiger partial charge in [-0.05, 0) is 94.7 Å². The average molecular weight is 915 g/mol. The normalized spacial score (nSPS) is 13.5. The van der Waals surface area contributed by atoms with Crippen LogP contribution in [0.2, 0.25) is 0 Å². The van der Waals surface area contributed by atoms with Crippen molar-refractivity contribution in [1.29, 1.82) is 0 Å². The van der Waals surface area contributed by atoms with E-state index in [9.17, 15) is 0 Å². The highest BCUT2D eigenvalue weighted by Crippen LogP contribution is 2.60. The molecule has 336 valence electrons. The third kappa shape index (κ3) is 6.09. The Morgan fingerprint density at radius 1 is 0.236 bits per heavy atom. The lowest BCUT2D eigenvalue weighted by Gasteiger charge is -2.34. The van der Waals surface area contributed by atoms with Crippen LogP contribution in [0.1, 0.15) is 44.5 Å². The molecule has 11 aromatic carbocycles. The van der Waals surface area contributed by atoms with Gasteiger partial charge in [0.1, 0.15) is 0 Å². The molecule has 0 bridgehead atoms. The molecule has 0 N–H and O–H groups in total. The molecular weight excluding hydrogens is 869 g/mol. The zero-order valence-corrected chi connectivity index (χ0v) is 39.5. The van der Waals surface area contributed by atoms with E-state index in [1.54, 1.807) is 0 Å². The van der Waals surface area contributed by atoms with E-state index in [4.69, 9.17) is 9.97 Å². The standard InChI is InChI=1S/C70H46N2/c1-6-24-47(25-7-1)68-71-64(46-65(72-68)59-39-23-43-63-67(59)58-37-19-21-41-61(58)70(63,50-30-12-4-13-31-50)51-32-14-5-15-33-51)55-45-44-54(52-34-16-17-35-53(52)55)56-38-22-42-62-66(56)57-36-18-20-40-60(57)69(62,48-26-8-2-9-27-48)49-28-10-3-11-29-49/h1-46H. The second-order valence-electron chi connectivity index (χ2n) is 19.0. The zero-order valence-electron chi connectivity index (χ0n) is 39.5. The zero-order chi connectivity index (χ0) is 47.6. The number of benzene rings is 11. The molecule has 0 saturated heterocycles. The Bertz CT molecular complexity index is 3940. The van der Waals surface area contributed by atoms with E-state index in [0.29, 0.717) is 5.82 Å². The predicted molar refractivity (Wildman–Crippen MR) is 296 cm³/mol. The van der Waals surface area contributed by atoms with E-state index in [1.807, 2.05) is 0 Å². The van der Waals surface area contributed by atoms with E-state index in [2.05, 4.69) is 279 Å². The number of fused-ring (bicyclic) bond motifs is 7. The minimum atomic E-state index is -0.533. The van der Waals surface area contributed by atoms with E-state index in [-0.39, 0.29) is 0 Å². The van der Waals surface area contributed by atoms with Gasteiger partial charge in [-0.2, -0.15) is 0 Å². The molecule has 0 spiro atoms. The van der Waals surface area contributed by atoms with E-state index >= 15 is 0 Å². The molecule has 0 atom stereocenters. The molecule has 0 unspecified atom stereocenters. The summed E-state index contributed by atoms with van der Waals surface area (Å²) in [5.41, 5.74) is 21.3. The molecule has 0 fully saturated rings. The lowest BCUT2D eigenvalue weighted by atomic mass is 9.67. The Hall–Kier alpha value is -9.24. The topological polar surface area (TPSA) is 25.8 Å². The molecule has 0 amide bonds. The summed E-state index contributed by atoms with van der Waals surface area (Å²) in [5, 5.41) is 2.31. The quantitative estimate of drug-likeness (QED) is 0.152. The molecule has 1 heterocycles. The van der Waals surface area contributed by atoms with Crippen LogP contribution in [0.4, 0.5) is 0 Å². The fourth-order valence-corrected chi connectivity index (χ4v) is 12.6. The molecule has 0 radical (unpaired) electrons. The smallest absolute Gasteiger partial charge is 0.160 e. The van der Waals surface area contributed by atoms with Gasteiger partial charge >= 0.3 is 0 Å². The molecule has 0 aliphatic heterocycles.